The fourth-order valence-electron chi connectivity index (χ4n) is 2.32. The molecule has 0 aliphatic carbocycles. The van der Waals surface area contributed by atoms with Gasteiger partial charge in [-0.2, -0.15) is 0 Å². The van der Waals surface area contributed by atoms with E-state index in [0.717, 1.165) is 49.1 Å². The van der Waals surface area contributed by atoms with Gasteiger partial charge < -0.3 is 15.0 Å². The Morgan fingerprint density at radius 2 is 2.37 bits per heavy atom. The molecule has 0 aromatic carbocycles. The first-order valence-electron chi connectivity index (χ1n) is 6.61. The van der Waals surface area contributed by atoms with Crippen LogP contribution in [0.2, 0.25) is 0 Å². The Labute approximate surface area is 112 Å². The zero-order chi connectivity index (χ0) is 13.1. The van der Waals surface area contributed by atoms with E-state index in [9.17, 15) is 0 Å². The third kappa shape index (κ3) is 3.00. The lowest BCUT2D eigenvalue weighted by atomic mass is 10.1. The standard InChI is InChI=1S/C14H18N4O/c1-10-7-13(12-3-2-4-16-12)18-14(17-10)8-11-9-19-6-5-15-11/h2-4,7,11,15-16H,5-6,8-9H2,1H3. The van der Waals surface area contributed by atoms with Crippen molar-refractivity contribution < 1.29 is 4.74 Å². The number of aromatic nitrogens is 3. The van der Waals surface area contributed by atoms with Crippen LogP contribution in [0.5, 0.6) is 0 Å². The number of rotatable bonds is 3. The molecule has 2 N–H and O–H groups in total. The summed E-state index contributed by atoms with van der Waals surface area (Å²) in [5.74, 6) is 0.868. The quantitative estimate of drug-likeness (QED) is 0.871. The molecule has 0 spiro atoms. The second-order valence-electron chi connectivity index (χ2n) is 4.82. The zero-order valence-corrected chi connectivity index (χ0v) is 11.0. The molecule has 1 atom stereocenters. The second kappa shape index (κ2) is 5.50. The van der Waals surface area contributed by atoms with Gasteiger partial charge in [-0.1, -0.05) is 0 Å². The summed E-state index contributed by atoms with van der Waals surface area (Å²) in [7, 11) is 0. The van der Waals surface area contributed by atoms with Gasteiger partial charge in [0.2, 0.25) is 0 Å². The van der Waals surface area contributed by atoms with Crippen molar-refractivity contribution in [2.24, 2.45) is 0 Å². The maximum atomic E-state index is 5.46. The summed E-state index contributed by atoms with van der Waals surface area (Å²) in [4.78, 5) is 12.3. The summed E-state index contributed by atoms with van der Waals surface area (Å²) in [5, 5.41) is 3.43. The molecule has 0 radical (unpaired) electrons. The van der Waals surface area contributed by atoms with Crippen LogP contribution in [0.15, 0.2) is 24.4 Å². The van der Waals surface area contributed by atoms with Gasteiger partial charge in [0, 0.05) is 30.9 Å². The third-order valence-electron chi connectivity index (χ3n) is 3.20. The maximum absolute atomic E-state index is 5.46. The average molecular weight is 258 g/mol. The van der Waals surface area contributed by atoms with Crippen LogP contribution in [0.1, 0.15) is 11.5 Å². The molecule has 1 fully saturated rings. The van der Waals surface area contributed by atoms with Crippen molar-refractivity contribution in [2.45, 2.75) is 19.4 Å². The Hall–Kier alpha value is -1.72. The van der Waals surface area contributed by atoms with Crippen LogP contribution in [0.3, 0.4) is 0 Å². The molecule has 3 heterocycles. The number of H-pyrrole nitrogens is 1. The lowest BCUT2D eigenvalue weighted by Gasteiger charge is -2.23. The van der Waals surface area contributed by atoms with Gasteiger partial charge in [0.15, 0.2) is 0 Å². The highest BCUT2D eigenvalue weighted by Crippen LogP contribution is 2.16. The van der Waals surface area contributed by atoms with E-state index in [-0.39, 0.29) is 0 Å². The first-order chi connectivity index (χ1) is 9.31. The predicted octanol–water partition coefficient (Wildman–Crippen LogP) is 1.31. The van der Waals surface area contributed by atoms with Gasteiger partial charge >= 0.3 is 0 Å². The van der Waals surface area contributed by atoms with Gasteiger partial charge in [-0.05, 0) is 25.1 Å². The molecule has 5 nitrogen and oxygen atoms in total. The minimum atomic E-state index is 0.312. The summed E-state index contributed by atoms with van der Waals surface area (Å²) in [6, 6.07) is 6.31. The van der Waals surface area contributed by atoms with Crippen molar-refractivity contribution in [3.63, 3.8) is 0 Å². The molecule has 19 heavy (non-hydrogen) atoms. The lowest BCUT2D eigenvalue weighted by molar-refractivity contribution is 0.0764. The van der Waals surface area contributed by atoms with Crippen LogP contribution in [0.4, 0.5) is 0 Å². The monoisotopic (exact) mass is 258 g/mol. The number of nitrogens with zero attached hydrogens (tertiary/aromatic N) is 2. The van der Waals surface area contributed by atoms with Crippen molar-refractivity contribution >= 4 is 0 Å². The number of nitrogens with one attached hydrogen (secondary N) is 2. The van der Waals surface area contributed by atoms with E-state index in [1.54, 1.807) is 0 Å². The van der Waals surface area contributed by atoms with Crippen LogP contribution in [0, 0.1) is 6.92 Å². The molecule has 2 aromatic heterocycles. The van der Waals surface area contributed by atoms with Crippen LogP contribution < -0.4 is 5.32 Å². The van der Waals surface area contributed by atoms with Crippen molar-refractivity contribution in [1.82, 2.24) is 20.3 Å². The van der Waals surface area contributed by atoms with E-state index in [2.05, 4.69) is 20.3 Å². The highest BCUT2D eigenvalue weighted by atomic mass is 16.5. The van der Waals surface area contributed by atoms with E-state index in [1.165, 1.54) is 0 Å². The number of ether oxygens (including phenoxy) is 1. The number of hydrogen-bond donors (Lipinski definition) is 2. The summed E-state index contributed by atoms with van der Waals surface area (Å²) >= 11 is 0. The van der Waals surface area contributed by atoms with Crippen LogP contribution in [-0.2, 0) is 11.2 Å². The number of morpholine rings is 1. The van der Waals surface area contributed by atoms with Gasteiger partial charge in [-0.15, -0.1) is 0 Å². The van der Waals surface area contributed by atoms with Gasteiger partial charge in [0.25, 0.3) is 0 Å². The molecule has 1 saturated heterocycles. The van der Waals surface area contributed by atoms with Crippen molar-refractivity contribution in [3.8, 4) is 11.4 Å². The Morgan fingerprint density at radius 1 is 1.42 bits per heavy atom. The fraction of sp³-hybridized carbons (Fsp3) is 0.429. The van der Waals surface area contributed by atoms with Gasteiger partial charge in [0.1, 0.15) is 5.82 Å². The first kappa shape index (κ1) is 12.3. The van der Waals surface area contributed by atoms with E-state index in [1.807, 2.05) is 31.3 Å². The van der Waals surface area contributed by atoms with Crippen molar-refractivity contribution in [1.29, 1.82) is 0 Å². The minimum Gasteiger partial charge on any atom is -0.379 e. The Morgan fingerprint density at radius 3 is 3.11 bits per heavy atom. The molecule has 100 valence electrons. The molecule has 1 aliphatic rings. The highest BCUT2D eigenvalue weighted by molar-refractivity contribution is 5.54. The van der Waals surface area contributed by atoms with E-state index in [0.29, 0.717) is 6.04 Å². The van der Waals surface area contributed by atoms with E-state index < -0.39 is 0 Å². The highest BCUT2D eigenvalue weighted by Gasteiger charge is 2.16. The predicted molar refractivity (Wildman–Crippen MR) is 72.9 cm³/mol. The molecule has 0 bridgehead atoms. The molecule has 5 heteroatoms. The third-order valence-corrected chi connectivity index (χ3v) is 3.20. The van der Waals surface area contributed by atoms with Gasteiger partial charge in [0.05, 0.1) is 24.6 Å². The molecular formula is C14H18N4O. The molecule has 1 unspecified atom stereocenters. The average Bonchev–Trinajstić information content (AvgIpc) is 2.93. The summed E-state index contributed by atoms with van der Waals surface area (Å²) in [6.07, 6.45) is 2.71. The number of aromatic amines is 1. The molecule has 1 aliphatic heterocycles. The normalized spacial score (nSPS) is 19.5. The smallest absolute Gasteiger partial charge is 0.130 e. The Balaban J connectivity index is 1.81. The second-order valence-corrected chi connectivity index (χ2v) is 4.82. The summed E-state index contributed by atoms with van der Waals surface area (Å²) in [6.45, 7) is 4.43. The fourth-order valence-corrected chi connectivity index (χ4v) is 2.32. The zero-order valence-electron chi connectivity index (χ0n) is 11.0. The van der Waals surface area contributed by atoms with Crippen LogP contribution in [0.25, 0.3) is 11.4 Å². The SMILES string of the molecule is Cc1cc(-c2ccc[nH]2)nc(CC2COCCN2)n1. The molecule has 0 saturated carbocycles. The molecule has 2 aromatic rings. The van der Waals surface area contributed by atoms with Crippen molar-refractivity contribution in [3.05, 3.63) is 35.9 Å². The Kier molecular flexibility index (Phi) is 3.57. The van der Waals surface area contributed by atoms with E-state index in [4.69, 9.17) is 4.74 Å². The summed E-state index contributed by atoms with van der Waals surface area (Å²) < 4.78 is 5.46. The van der Waals surface area contributed by atoms with Gasteiger partial charge in [-0.3, -0.25) is 0 Å². The number of aryl methyl sites for hydroxylation is 1. The van der Waals surface area contributed by atoms with E-state index >= 15 is 0 Å². The largest absolute Gasteiger partial charge is 0.379 e. The topological polar surface area (TPSA) is 62.8 Å². The molecular weight excluding hydrogens is 240 g/mol. The maximum Gasteiger partial charge on any atom is 0.130 e. The Bertz CT molecular complexity index is 532. The van der Waals surface area contributed by atoms with Crippen molar-refractivity contribution in [2.75, 3.05) is 19.8 Å². The minimum absolute atomic E-state index is 0.312. The molecule has 0 amide bonds. The van der Waals surface area contributed by atoms with Gasteiger partial charge in [-0.25, -0.2) is 9.97 Å². The molecule has 3 rings (SSSR count). The van der Waals surface area contributed by atoms with Crippen LogP contribution >= 0.6 is 0 Å². The first-order valence-corrected chi connectivity index (χ1v) is 6.61. The summed E-state index contributed by atoms with van der Waals surface area (Å²) in [5.41, 5.74) is 2.97. The van der Waals surface area contributed by atoms with Crippen LogP contribution in [-0.4, -0.2) is 40.8 Å². The number of hydrogen-bond acceptors (Lipinski definition) is 4. The lowest BCUT2D eigenvalue weighted by Crippen LogP contribution is -2.42.